The van der Waals surface area contributed by atoms with Gasteiger partial charge in [-0.15, -0.1) is 0 Å². The smallest absolute Gasteiger partial charge is 0.246 e. The number of nitrogens with zero attached hydrogens (tertiary/aromatic N) is 5. The van der Waals surface area contributed by atoms with Crippen LogP contribution in [0, 0.1) is 11.7 Å². The van der Waals surface area contributed by atoms with Crippen molar-refractivity contribution in [2.45, 2.75) is 24.3 Å². The Morgan fingerprint density at radius 1 is 1.34 bits per heavy atom. The van der Waals surface area contributed by atoms with Crippen molar-refractivity contribution >= 4 is 33.3 Å². The molecule has 2 aromatic heterocycles. The molecular weight excluding hydrogens is 459 g/mol. The van der Waals surface area contributed by atoms with Crippen LogP contribution in [0.25, 0.3) is 0 Å². The zero-order valence-corrected chi connectivity index (χ0v) is 18.9. The highest BCUT2D eigenvalue weighted by molar-refractivity contribution is 7.89. The summed E-state index contributed by atoms with van der Waals surface area (Å²) in [4.78, 5) is 12.9. The SMILES string of the molecule is Cn1cc(S(=O)(=O)N2CCC[C@@H](C(=O)Nc3ccn(Cc4c(F)cccc4Cl)n3)C2)cn1. The third-order valence-electron chi connectivity index (χ3n) is 5.35. The van der Waals surface area contributed by atoms with Gasteiger partial charge in [-0.05, 0) is 25.0 Å². The molecule has 0 saturated carbocycles. The Morgan fingerprint density at radius 2 is 2.16 bits per heavy atom. The second-order valence-corrected chi connectivity index (χ2v) is 9.99. The lowest BCUT2D eigenvalue weighted by Crippen LogP contribution is -2.43. The van der Waals surface area contributed by atoms with E-state index in [1.165, 1.54) is 38.2 Å². The summed E-state index contributed by atoms with van der Waals surface area (Å²) in [5, 5.41) is 11.2. The van der Waals surface area contributed by atoms with Gasteiger partial charge in [0.2, 0.25) is 15.9 Å². The number of carbonyl (C=O) groups is 1. The van der Waals surface area contributed by atoms with Gasteiger partial charge in [0.1, 0.15) is 10.7 Å². The highest BCUT2D eigenvalue weighted by atomic mass is 35.5. The summed E-state index contributed by atoms with van der Waals surface area (Å²) in [6.45, 7) is 0.537. The van der Waals surface area contributed by atoms with Crippen LogP contribution in [-0.2, 0) is 28.4 Å². The molecule has 1 N–H and O–H groups in total. The van der Waals surface area contributed by atoms with E-state index in [-0.39, 0.29) is 23.9 Å². The van der Waals surface area contributed by atoms with E-state index in [1.54, 1.807) is 25.4 Å². The molecule has 0 bridgehead atoms. The molecule has 1 aliphatic rings. The van der Waals surface area contributed by atoms with Crippen molar-refractivity contribution in [3.63, 3.8) is 0 Å². The van der Waals surface area contributed by atoms with Gasteiger partial charge < -0.3 is 5.32 Å². The maximum atomic E-state index is 14.0. The summed E-state index contributed by atoms with van der Waals surface area (Å²) in [5.41, 5.74) is 0.304. The molecule has 3 heterocycles. The van der Waals surface area contributed by atoms with Crippen LogP contribution in [-0.4, -0.2) is 51.3 Å². The van der Waals surface area contributed by atoms with Crippen LogP contribution in [0.1, 0.15) is 18.4 Å². The number of amides is 1. The lowest BCUT2D eigenvalue weighted by molar-refractivity contribution is -0.120. The van der Waals surface area contributed by atoms with E-state index >= 15 is 0 Å². The van der Waals surface area contributed by atoms with E-state index in [0.717, 1.165) is 0 Å². The van der Waals surface area contributed by atoms with Gasteiger partial charge in [0.15, 0.2) is 5.82 Å². The molecule has 1 amide bonds. The monoisotopic (exact) mass is 480 g/mol. The normalized spacial score (nSPS) is 17.4. The van der Waals surface area contributed by atoms with Crippen LogP contribution in [0.4, 0.5) is 10.2 Å². The van der Waals surface area contributed by atoms with Gasteiger partial charge in [0.25, 0.3) is 0 Å². The average Bonchev–Trinajstić information content (AvgIpc) is 3.40. The van der Waals surface area contributed by atoms with Crippen molar-refractivity contribution in [2.24, 2.45) is 13.0 Å². The van der Waals surface area contributed by atoms with E-state index in [2.05, 4.69) is 15.5 Å². The minimum absolute atomic E-state index is 0.0780. The average molecular weight is 481 g/mol. The lowest BCUT2D eigenvalue weighted by Gasteiger charge is -2.30. The molecule has 0 radical (unpaired) electrons. The van der Waals surface area contributed by atoms with Crippen LogP contribution < -0.4 is 5.32 Å². The zero-order chi connectivity index (χ0) is 22.9. The van der Waals surface area contributed by atoms with Crippen molar-refractivity contribution in [3.05, 3.63) is 59.3 Å². The zero-order valence-electron chi connectivity index (χ0n) is 17.3. The van der Waals surface area contributed by atoms with Gasteiger partial charge in [0, 0.05) is 49.2 Å². The molecule has 0 aliphatic carbocycles. The Kier molecular flexibility index (Phi) is 6.31. The fraction of sp³-hybridized carbons (Fsp3) is 0.350. The van der Waals surface area contributed by atoms with Crippen LogP contribution in [0.15, 0.2) is 47.8 Å². The molecule has 0 spiro atoms. The fourth-order valence-electron chi connectivity index (χ4n) is 3.65. The quantitative estimate of drug-likeness (QED) is 0.584. The number of anilines is 1. The summed E-state index contributed by atoms with van der Waals surface area (Å²) in [6.07, 6.45) is 5.48. The molecule has 1 aromatic carbocycles. The number of aryl methyl sites for hydroxylation is 1. The van der Waals surface area contributed by atoms with Crippen LogP contribution in [0.2, 0.25) is 5.02 Å². The third-order valence-corrected chi connectivity index (χ3v) is 7.52. The van der Waals surface area contributed by atoms with Crippen molar-refractivity contribution in [1.29, 1.82) is 0 Å². The fourth-order valence-corrected chi connectivity index (χ4v) is 5.38. The number of hydrogen-bond donors (Lipinski definition) is 1. The van der Waals surface area contributed by atoms with Crippen molar-refractivity contribution in [1.82, 2.24) is 23.9 Å². The molecule has 12 heteroatoms. The Balaban J connectivity index is 1.41. The number of aromatic nitrogens is 4. The lowest BCUT2D eigenvalue weighted by atomic mass is 9.99. The van der Waals surface area contributed by atoms with Crippen LogP contribution >= 0.6 is 11.6 Å². The van der Waals surface area contributed by atoms with Crippen molar-refractivity contribution in [2.75, 3.05) is 18.4 Å². The molecule has 4 rings (SSSR count). The number of sulfonamides is 1. The molecule has 170 valence electrons. The highest BCUT2D eigenvalue weighted by Crippen LogP contribution is 2.25. The standard InChI is InChI=1S/C20H22ClFN6O3S/c1-26-12-15(10-23-26)32(30,31)28-8-3-4-14(11-28)20(29)24-19-7-9-27(25-19)13-16-17(21)5-2-6-18(16)22/h2,5-7,9-10,12,14H,3-4,8,11,13H2,1H3,(H,24,25,29)/t14-/m1/s1. The molecule has 1 saturated heterocycles. The largest absolute Gasteiger partial charge is 0.309 e. The van der Waals surface area contributed by atoms with Crippen molar-refractivity contribution in [3.8, 4) is 0 Å². The minimum Gasteiger partial charge on any atom is -0.309 e. The number of nitrogens with one attached hydrogen (secondary N) is 1. The summed E-state index contributed by atoms with van der Waals surface area (Å²) in [6, 6.07) is 6.04. The van der Waals surface area contributed by atoms with Gasteiger partial charge in [-0.25, -0.2) is 12.8 Å². The Labute approximate surface area is 189 Å². The molecule has 1 aliphatic heterocycles. The van der Waals surface area contributed by atoms with E-state index < -0.39 is 21.8 Å². The van der Waals surface area contributed by atoms with E-state index in [1.807, 2.05) is 0 Å². The third kappa shape index (κ3) is 4.69. The topological polar surface area (TPSA) is 102 Å². The summed E-state index contributed by atoms with van der Waals surface area (Å²) < 4.78 is 43.9. The summed E-state index contributed by atoms with van der Waals surface area (Å²) >= 11 is 6.06. The highest BCUT2D eigenvalue weighted by Gasteiger charge is 2.34. The van der Waals surface area contributed by atoms with Gasteiger partial charge in [-0.3, -0.25) is 14.2 Å². The molecule has 1 fully saturated rings. The number of carbonyl (C=O) groups excluding carboxylic acids is 1. The number of halogens is 2. The predicted octanol–water partition coefficient (Wildman–Crippen LogP) is 2.50. The second kappa shape index (κ2) is 9.00. The maximum absolute atomic E-state index is 14.0. The van der Waals surface area contributed by atoms with Gasteiger partial charge in [0.05, 0.1) is 18.7 Å². The van der Waals surface area contributed by atoms with Crippen LogP contribution in [0.5, 0.6) is 0 Å². The maximum Gasteiger partial charge on any atom is 0.246 e. The Morgan fingerprint density at radius 3 is 2.88 bits per heavy atom. The molecule has 1 atom stereocenters. The minimum atomic E-state index is -3.72. The first kappa shape index (κ1) is 22.4. The van der Waals surface area contributed by atoms with Gasteiger partial charge in [-0.2, -0.15) is 14.5 Å². The number of benzene rings is 1. The van der Waals surface area contributed by atoms with Gasteiger partial charge in [-0.1, -0.05) is 17.7 Å². The number of hydrogen-bond acceptors (Lipinski definition) is 5. The number of rotatable bonds is 6. The van der Waals surface area contributed by atoms with Crippen molar-refractivity contribution < 1.29 is 17.6 Å². The first-order valence-electron chi connectivity index (χ1n) is 10.00. The van der Waals surface area contributed by atoms with Gasteiger partial charge >= 0.3 is 0 Å². The Bertz CT molecular complexity index is 1220. The second-order valence-electron chi connectivity index (χ2n) is 7.64. The predicted molar refractivity (Wildman–Crippen MR) is 116 cm³/mol. The number of piperidine rings is 1. The van der Waals surface area contributed by atoms with E-state index in [0.29, 0.717) is 35.8 Å². The van der Waals surface area contributed by atoms with Crippen LogP contribution in [0.3, 0.4) is 0 Å². The summed E-state index contributed by atoms with van der Waals surface area (Å²) in [7, 11) is -2.07. The first-order valence-corrected chi connectivity index (χ1v) is 11.8. The van der Waals surface area contributed by atoms with E-state index in [4.69, 9.17) is 11.6 Å². The summed E-state index contributed by atoms with van der Waals surface area (Å²) in [5.74, 6) is -0.961. The molecule has 32 heavy (non-hydrogen) atoms. The Hall–Kier alpha value is -2.76. The van der Waals surface area contributed by atoms with E-state index in [9.17, 15) is 17.6 Å². The molecule has 9 nitrogen and oxygen atoms in total. The molecular formula is C20H22ClFN6O3S. The molecule has 0 unspecified atom stereocenters. The first-order chi connectivity index (χ1) is 15.2. The molecule has 3 aromatic rings.